The first-order valence-electron chi connectivity index (χ1n) is 10.6. The Balaban J connectivity index is 1.29. The molecular formula is C23H24ClN3O4S. The fraction of sp³-hybridized carbons (Fsp3) is 0.348. The first kappa shape index (κ1) is 21.5. The second-order valence-electron chi connectivity index (χ2n) is 8.40. The molecule has 0 aliphatic carbocycles. The van der Waals surface area contributed by atoms with Crippen LogP contribution in [0.15, 0.2) is 51.8 Å². The maximum absolute atomic E-state index is 13.2. The van der Waals surface area contributed by atoms with Gasteiger partial charge in [-0.1, -0.05) is 23.7 Å². The maximum atomic E-state index is 13.2. The predicted molar refractivity (Wildman–Crippen MR) is 122 cm³/mol. The lowest BCUT2D eigenvalue weighted by molar-refractivity contribution is 0.0662. The van der Waals surface area contributed by atoms with Crippen LogP contribution < -0.4 is 0 Å². The molecule has 2 aliphatic heterocycles. The van der Waals surface area contributed by atoms with Crippen molar-refractivity contribution in [3.05, 3.63) is 64.6 Å². The lowest BCUT2D eigenvalue weighted by Crippen LogP contribution is -2.50. The van der Waals surface area contributed by atoms with E-state index in [0.717, 1.165) is 35.1 Å². The highest BCUT2D eigenvalue weighted by molar-refractivity contribution is 7.89. The van der Waals surface area contributed by atoms with Crippen molar-refractivity contribution in [1.29, 1.82) is 0 Å². The molecule has 0 unspecified atom stereocenters. The molecule has 0 atom stereocenters. The van der Waals surface area contributed by atoms with E-state index in [9.17, 15) is 13.2 Å². The molecule has 1 saturated heterocycles. The van der Waals surface area contributed by atoms with Crippen molar-refractivity contribution in [1.82, 2.24) is 14.1 Å². The Hall–Kier alpha value is -2.39. The number of piperazine rings is 1. The molecule has 2 aliphatic rings. The van der Waals surface area contributed by atoms with Gasteiger partial charge in [-0.2, -0.15) is 4.31 Å². The van der Waals surface area contributed by atoms with E-state index in [1.807, 2.05) is 25.2 Å². The van der Waals surface area contributed by atoms with Gasteiger partial charge in [0.15, 0.2) is 5.76 Å². The average molecular weight is 474 g/mol. The number of likely N-dealkylation sites (N-methyl/N-ethyl adjacent to an activating group) is 1. The molecule has 2 aromatic carbocycles. The van der Waals surface area contributed by atoms with E-state index >= 15 is 0 Å². The number of nitrogens with zero attached hydrogens (tertiary/aromatic N) is 3. The molecule has 0 radical (unpaired) electrons. The van der Waals surface area contributed by atoms with Crippen LogP contribution in [0, 0.1) is 0 Å². The van der Waals surface area contributed by atoms with E-state index in [1.165, 1.54) is 4.31 Å². The summed E-state index contributed by atoms with van der Waals surface area (Å²) in [5, 5.41) is 2.31. The summed E-state index contributed by atoms with van der Waals surface area (Å²) >= 11 is 6.02. The van der Waals surface area contributed by atoms with E-state index < -0.39 is 10.0 Å². The minimum atomic E-state index is -3.65. The van der Waals surface area contributed by atoms with Gasteiger partial charge in [-0.05, 0) is 60.1 Å². The Morgan fingerprint density at radius 2 is 1.69 bits per heavy atom. The molecule has 5 rings (SSSR count). The molecule has 0 N–H and O–H groups in total. The third-order valence-electron chi connectivity index (χ3n) is 6.22. The predicted octanol–water partition coefficient (Wildman–Crippen LogP) is 3.22. The van der Waals surface area contributed by atoms with Crippen molar-refractivity contribution in [2.45, 2.75) is 17.9 Å². The van der Waals surface area contributed by atoms with Gasteiger partial charge >= 0.3 is 0 Å². The molecule has 3 aromatic rings. The second-order valence-corrected chi connectivity index (χ2v) is 10.8. The van der Waals surface area contributed by atoms with Gasteiger partial charge in [-0.25, -0.2) is 8.42 Å². The summed E-state index contributed by atoms with van der Waals surface area (Å²) in [5.74, 6) is 1.01. The topological polar surface area (TPSA) is 74.1 Å². The van der Waals surface area contributed by atoms with E-state index in [0.29, 0.717) is 30.4 Å². The van der Waals surface area contributed by atoms with Crippen LogP contribution >= 0.6 is 11.6 Å². The number of halogens is 1. The highest BCUT2D eigenvalue weighted by atomic mass is 35.5. The van der Waals surface area contributed by atoms with Crippen molar-refractivity contribution < 1.29 is 17.6 Å². The quantitative estimate of drug-likeness (QED) is 0.584. The minimum Gasteiger partial charge on any atom is -0.454 e. The Kier molecular flexibility index (Phi) is 5.49. The molecule has 9 heteroatoms. The number of rotatable bonds is 3. The fourth-order valence-corrected chi connectivity index (χ4v) is 5.98. The lowest BCUT2D eigenvalue weighted by atomic mass is 10.1. The van der Waals surface area contributed by atoms with Crippen molar-refractivity contribution in [3.8, 4) is 0 Å². The normalized spacial score (nSPS) is 18.1. The van der Waals surface area contributed by atoms with Crippen LogP contribution in [-0.2, 0) is 23.0 Å². The summed E-state index contributed by atoms with van der Waals surface area (Å²) in [4.78, 5) is 17.0. The number of hydrogen-bond acceptors (Lipinski definition) is 5. The molecule has 1 aromatic heterocycles. The first-order chi connectivity index (χ1) is 15.3. The summed E-state index contributed by atoms with van der Waals surface area (Å²) in [7, 11) is -1.63. The molecule has 3 heterocycles. The van der Waals surface area contributed by atoms with E-state index in [-0.39, 0.29) is 23.9 Å². The largest absolute Gasteiger partial charge is 0.454 e. The minimum absolute atomic E-state index is 0.179. The Morgan fingerprint density at radius 1 is 0.969 bits per heavy atom. The van der Waals surface area contributed by atoms with Crippen LogP contribution in [0.4, 0.5) is 0 Å². The number of benzene rings is 2. The summed E-state index contributed by atoms with van der Waals surface area (Å²) < 4.78 is 33.6. The van der Waals surface area contributed by atoms with Crippen molar-refractivity contribution in [2.24, 2.45) is 0 Å². The zero-order valence-corrected chi connectivity index (χ0v) is 19.3. The van der Waals surface area contributed by atoms with Crippen molar-refractivity contribution >= 4 is 38.3 Å². The van der Waals surface area contributed by atoms with Crippen LogP contribution in [0.25, 0.3) is 10.8 Å². The molecule has 0 bridgehead atoms. The van der Waals surface area contributed by atoms with Crippen molar-refractivity contribution in [3.63, 3.8) is 0 Å². The molecule has 1 amide bonds. The van der Waals surface area contributed by atoms with E-state index in [4.69, 9.17) is 16.0 Å². The first-order valence-corrected chi connectivity index (χ1v) is 12.4. The number of hydrogen-bond donors (Lipinski definition) is 0. The number of sulfonamides is 1. The number of furan rings is 1. The van der Waals surface area contributed by atoms with E-state index in [1.54, 1.807) is 29.2 Å². The smallest absolute Gasteiger partial charge is 0.289 e. The summed E-state index contributed by atoms with van der Waals surface area (Å²) in [6.07, 6.45) is 0.868. The number of fused-ring (bicyclic) bond motifs is 2. The van der Waals surface area contributed by atoms with E-state index in [2.05, 4.69) is 4.90 Å². The SMILES string of the molecule is CN1CCc2cc(C(=O)N3CCN(S(=O)(=O)c4ccc5cc(Cl)ccc5c4)CC3)oc2C1. The zero-order chi connectivity index (χ0) is 22.5. The Morgan fingerprint density at radius 3 is 2.47 bits per heavy atom. The summed E-state index contributed by atoms with van der Waals surface area (Å²) in [6.45, 7) is 2.79. The molecule has 168 valence electrons. The Bertz CT molecular complexity index is 1300. The lowest BCUT2D eigenvalue weighted by Gasteiger charge is -2.33. The molecule has 0 saturated carbocycles. The molecule has 32 heavy (non-hydrogen) atoms. The molecule has 0 spiro atoms. The van der Waals surface area contributed by atoms with Gasteiger partial charge in [-0.3, -0.25) is 9.69 Å². The van der Waals surface area contributed by atoms with Gasteiger partial charge in [0.1, 0.15) is 5.76 Å². The van der Waals surface area contributed by atoms with Gasteiger partial charge in [0, 0.05) is 37.7 Å². The highest BCUT2D eigenvalue weighted by Gasteiger charge is 2.32. The summed E-state index contributed by atoms with van der Waals surface area (Å²) in [5.41, 5.74) is 1.09. The summed E-state index contributed by atoms with van der Waals surface area (Å²) in [6, 6.07) is 12.3. The zero-order valence-electron chi connectivity index (χ0n) is 17.8. The van der Waals surface area contributed by atoms with Gasteiger partial charge < -0.3 is 9.32 Å². The van der Waals surface area contributed by atoms with Crippen LogP contribution in [0.3, 0.4) is 0 Å². The third kappa shape index (κ3) is 3.92. The molecule has 7 nitrogen and oxygen atoms in total. The van der Waals surface area contributed by atoms with Crippen LogP contribution in [-0.4, -0.2) is 68.2 Å². The highest BCUT2D eigenvalue weighted by Crippen LogP contribution is 2.26. The van der Waals surface area contributed by atoms with Gasteiger partial charge in [-0.15, -0.1) is 0 Å². The number of amides is 1. The van der Waals surface area contributed by atoms with Crippen LogP contribution in [0.1, 0.15) is 21.9 Å². The van der Waals surface area contributed by atoms with Gasteiger partial charge in [0.05, 0.1) is 11.4 Å². The number of carbonyl (C=O) groups is 1. The van der Waals surface area contributed by atoms with Crippen LogP contribution in [0.5, 0.6) is 0 Å². The monoisotopic (exact) mass is 473 g/mol. The third-order valence-corrected chi connectivity index (χ3v) is 8.35. The average Bonchev–Trinajstić information content (AvgIpc) is 3.21. The van der Waals surface area contributed by atoms with Gasteiger partial charge in [0.2, 0.25) is 10.0 Å². The number of carbonyl (C=O) groups excluding carboxylic acids is 1. The molecule has 1 fully saturated rings. The standard InChI is InChI=1S/C23H24ClN3O4S/c1-25-7-6-18-14-21(31-22(18)15-25)23(28)26-8-10-27(11-9-26)32(29,30)20-5-3-16-12-19(24)4-2-17(16)13-20/h2-5,12-14H,6-11,15H2,1H3. The molecular weight excluding hydrogens is 450 g/mol. The van der Waals surface area contributed by atoms with Crippen molar-refractivity contribution in [2.75, 3.05) is 39.8 Å². The Labute approximate surface area is 192 Å². The fourth-order valence-electron chi connectivity index (χ4n) is 4.34. The maximum Gasteiger partial charge on any atom is 0.289 e. The second kappa shape index (κ2) is 8.19. The van der Waals surface area contributed by atoms with Gasteiger partial charge in [0.25, 0.3) is 5.91 Å². The van der Waals surface area contributed by atoms with Crippen LogP contribution in [0.2, 0.25) is 5.02 Å².